The molecule has 1 atom stereocenters. The van der Waals surface area contributed by atoms with Crippen LogP contribution in [0.3, 0.4) is 0 Å². The van der Waals surface area contributed by atoms with E-state index in [-0.39, 0.29) is 5.97 Å². The molecule has 0 N–H and O–H groups in total. The Morgan fingerprint density at radius 2 is 2.13 bits per heavy atom. The minimum atomic E-state index is -0.109. The third-order valence-electron chi connectivity index (χ3n) is 4.18. The van der Waals surface area contributed by atoms with Gasteiger partial charge in [-0.2, -0.15) is 0 Å². The maximum atomic E-state index is 11.4. The van der Waals surface area contributed by atoms with Crippen LogP contribution in [-0.2, 0) is 9.53 Å². The molecule has 0 aliphatic carbocycles. The van der Waals surface area contributed by atoms with E-state index in [0.717, 1.165) is 38.9 Å². The largest absolute Gasteiger partial charge is 0.491 e. The first-order chi connectivity index (χ1) is 11.1. The summed E-state index contributed by atoms with van der Waals surface area (Å²) in [7, 11) is 1.45. The minimum Gasteiger partial charge on any atom is -0.491 e. The molecule has 0 saturated carbocycles. The number of nitrogens with zero attached hydrogens (tertiary/aromatic N) is 1. The Morgan fingerprint density at radius 1 is 1.30 bits per heavy atom. The van der Waals surface area contributed by atoms with E-state index < -0.39 is 0 Å². The van der Waals surface area contributed by atoms with Gasteiger partial charge in [-0.15, -0.1) is 0 Å². The molecule has 1 heterocycles. The van der Waals surface area contributed by atoms with Gasteiger partial charge in [-0.3, -0.25) is 9.69 Å². The quantitative estimate of drug-likeness (QED) is 0.718. The Balaban J connectivity index is 1.74. The van der Waals surface area contributed by atoms with Gasteiger partial charge in [0.1, 0.15) is 12.4 Å². The minimum absolute atomic E-state index is 0.109. The van der Waals surface area contributed by atoms with Gasteiger partial charge in [-0.1, -0.05) is 23.2 Å². The van der Waals surface area contributed by atoms with Crippen LogP contribution in [0.4, 0.5) is 0 Å². The summed E-state index contributed by atoms with van der Waals surface area (Å²) >= 11 is 12.0. The van der Waals surface area contributed by atoms with E-state index in [1.807, 2.05) is 0 Å². The van der Waals surface area contributed by atoms with Crippen LogP contribution in [0.2, 0.25) is 10.0 Å². The number of likely N-dealkylation sites (tertiary alicyclic amines) is 1. The second kappa shape index (κ2) is 9.36. The highest BCUT2D eigenvalue weighted by Gasteiger charge is 2.19. The summed E-state index contributed by atoms with van der Waals surface area (Å²) in [5.41, 5.74) is 0. The zero-order valence-electron chi connectivity index (χ0n) is 13.4. The van der Waals surface area contributed by atoms with E-state index >= 15 is 0 Å². The molecule has 1 fully saturated rings. The fourth-order valence-electron chi connectivity index (χ4n) is 2.84. The number of esters is 1. The number of benzene rings is 1. The predicted octanol–water partition coefficient (Wildman–Crippen LogP) is 4.04. The number of rotatable bonds is 6. The van der Waals surface area contributed by atoms with Crippen molar-refractivity contribution in [1.82, 2.24) is 4.90 Å². The van der Waals surface area contributed by atoms with Crippen LogP contribution in [-0.4, -0.2) is 44.2 Å². The maximum Gasteiger partial charge on any atom is 0.305 e. The van der Waals surface area contributed by atoms with Crippen LogP contribution >= 0.6 is 23.2 Å². The summed E-state index contributed by atoms with van der Waals surface area (Å²) in [6.45, 7) is 3.42. The number of methoxy groups -OCH3 is 1. The topological polar surface area (TPSA) is 38.8 Å². The van der Waals surface area contributed by atoms with Crippen molar-refractivity contribution in [2.75, 3.05) is 33.4 Å². The van der Waals surface area contributed by atoms with Gasteiger partial charge in [-0.25, -0.2) is 0 Å². The molecule has 1 saturated heterocycles. The SMILES string of the molecule is COC(=O)CC1CCCN(CCOc2cc(Cl)ccc2Cl)CC1. The molecule has 0 bridgehead atoms. The molecule has 128 valence electrons. The van der Waals surface area contributed by atoms with Crippen LogP contribution in [0.1, 0.15) is 25.7 Å². The van der Waals surface area contributed by atoms with E-state index in [0.29, 0.717) is 34.7 Å². The monoisotopic (exact) mass is 359 g/mol. The molecule has 1 unspecified atom stereocenters. The van der Waals surface area contributed by atoms with Gasteiger partial charge in [0.25, 0.3) is 0 Å². The van der Waals surface area contributed by atoms with Gasteiger partial charge in [0.05, 0.1) is 12.1 Å². The van der Waals surface area contributed by atoms with Gasteiger partial charge in [0, 0.05) is 24.1 Å². The average Bonchev–Trinajstić information content (AvgIpc) is 2.76. The lowest BCUT2D eigenvalue weighted by Crippen LogP contribution is -2.29. The van der Waals surface area contributed by atoms with E-state index in [2.05, 4.69) is 4.90 Å². The Bertz CT molecular complexity index is 525. The van der Waals surface area contributed by atoms with Crippen molar-refractivity contribution in [3.63, 3.8) is 0 Å². The normalized spacial score (nSPS) is 19.2. The predicted molar refractivity (Wildman–Crippen MR) is 92.4 cm³/mol. The third kappa shape index (κ3) is 6.21. The number of carbonyl (C=O) groups is 1. The molecule has 23 heavy (non-hydrogen) atoms. The van der Waals surface area contributed by atoms with Crippen molar-refractivity contribution in [2.24, 2.45) is 5.92 Å². The van der Waals surface area contributed by atoms with Gasteiger partial charge < -0.3 is 9.47 Å². The fraction of sp³-hybridized carbons (Fsp3) is 0.588. The molecule has 1 aliphatic heterocycles. The second-order valence-corrected chi connectivity index (χ2v) is 6.69. The van der Waals surface area contributed by atoms with Gasteiger partial charge in [0.2, 0.25) is 0 Å². The summed E-state index contributed by atoms with van der Waals surface area (Å²) in [6.07, 6.45) is 3.72. The number of hydrogen-bond donors (Lipinski definition) is 0. The van der Waals surface area contributed by atoms with Crippen LogP contribution < -0.4 is 4.74 Å². The molecule has 4 nitrogen and oxygen atoms in total. The Morgan fingerprint density at radius 3 is 2.91 bits per heavy atom. The zero-order valence-corrected chi connectivity index (χ0v) is 14.9. The Hall–Kier alpha value is -0.970. The molecule has 0 radical (unpaired) electrons. The molecule has 2 rings (SSSR count). The molecule has 0 amide bonds. The van der Waals surface area contributed by atoms with Crippen LogP contribution in [0.5, 0.6) is 5.75 Å². The van der Waals surface area contributed by atoms with Gasteiger partial charge in [-0.05, 0) is 50.4 Å². The van der Waals surface area contributed by atoms with E-state index in [1.165, 1.54) is 7.11 Å². The molecule has 0 aromatic heterocycles. The molecule has 6 heteroatoms. The second-order valence-electron chi connectivity index (χ2n) is 5.84. The number of hydrogen-bond acceptors (Lipinski definition) is 4. The number of carbonyl (C=O) groups excluding carboxylic acids is 1. The lowest BCUT2D eigenvalue weighted by molar-refractivity contribution is -0.141. The molecular formula is C17H23Cl2NO3. The lowest BCUT2D eigenvalue weighted by atomic mass is 9.97. The van der Waals surface area contributed by atoms with Crippen LogP contribution in [0, 0.1) is 5.92 Å². The molecule has 1 aromatic carbocycles. The third-order valence-corrected chi connectivity index (χ3v) is 4.73. The van der Waals surface area contributed by atoms with Crippen molar-refractivity contribution < 1.29 is 14.3 Å². The van der Waals surface area contributed by atoms with Crippen molar-refractivity contribution in [3.05, 3.63) is 28.2 Å². The molecule has 1 aromatic rings. The van der Waals surface area contributed by atoms with Crippen molar-refractivity contribution in [2.45, 2.75) is 25.7 Å². The highest BCUT2D eigenvalue weighted by atomic mass is 35.5. The lowest BCUT2D eigenvalue weighted by Gasteiger charge is -2.20. The fourth-order valence-corrected chi connectivity index (χ4v) is 3.18. The summed E-state index contributed by atoms with van der Waals surface area (Å²) in [5.74, 6) is 0.940. The molecule has 0 spiro atoms. The van der Waals surface area contributed by atoms with E-state index in [4.69, 9.17) is 32.7 Å². The first-order valence-corrected chi connectivity index (χ1v) is 8.71. The van der Waals surface area contributed by atoms with Gasteiger partial charge >= 0.3 is 5.97 Å². The smallest absolute Gasteiger partial charge is 0.305 e. The van der Waals surface area contributed by atoms with E-state index in [1.54, 1.807) is 18.2 Å². The van der Waals surface area contributed by atoms with Crippen molar-refractivity contribution >= 4 is 29.2 Å². The molecular weight excluding hydrogens is 337 g/mol. The number of ether oxygens (including phenoxy) is 2. The number of halogens is 2. The standard InChI is InChI=1S/C17H23Cl2NO3/c1-22-17(21)11-13-3-2-7-20(8-6-13)9-10-23-16-12-14(18)4-5-15(16)19/h4-5,12-13H,2-3,6-11H2,1H3. The Labute approximate surface area is 147 Å². The summed E-state index contributed by atoms with van der Waals surface area (Å²) in [4.78, 5) is 13.8. The van der Waals surface area contributed by atoms with Gasteiger partial charge in [0.15, 0.2) is 0 Å². The highest BCUT2D eigenvalue weighted by Crippen LogP contribution is 2.27. The van der Waals surface area contributed by atoms with E-state index in [9.17, 15) is 4.79 Å². The summed E-state index contributed by atoms with van der Waals surface area (Å²) < 4.78 is 10.5. The Kier molecular flexibility index (Phi) is 7.47. The van der Waals surface area contributed by atoms with Crippen molar-refractivity contribution in [3.8, 4) is 5.75 Å². The highest BCUT2D eigenvalue weighted by molar-refractivity contribution is 6.34. The van der Waals surface area contributed by atoms with Crippen LogP contribution in [0.25, 0.3) is 0 Å². The first-order valence-electron chi connectivity index (χ1n) is 7.95. The first kappa shape index (κ1) is 18.4. The average molecular weight is 360 g/mol. The summed E-state index contributed by atoms with van der Waals surface area (Å²) in [6, 6.07) is 5.22. The summed E-state index contributed by atoms with van der Waals surface area (Å²) in [5, 5.41) is 1.19. The molecule has 1 aliphatic rings. The zero-order chi connectivity index (χ0) is 16.7. The maximum absolute atomic E-state index is 11.4. The van der Waals surface area contributed by atoms with Crippen LogP contribution in [0.15, 0.2) is 18.2 Å². The van der Waals surface area contributed by atoms with Crippen molar-refractivity contribution in [1.29, 1.82) is 0 Å².